The highest BCUT2D eigenvalue weighted by Crippen LogP contribution is 2.25. The van der Waals surface area contributed by atoms with Crippen LogP contribution in [0.3, 0.4) is 0 Å². The van der Waals surface area contributed by atoms with Gasteiger partial charge in [-0.2, -0.15) is 0 Å². The highest BCUT2D eigenvalue weighted by molar-refractivity contribution is 5.99. The first-order chi connectivity index (χ1) is 9.90. The van der Waals surface area contributed by atoms with Gasteiger partial charge in [0, 0.05) is 5.92 Å². The van der Waals surface area contributed by atoms with Crippen LogP contribution in [0.4, 0.5) is 0 Å². The first-order valence-corrected chi connectivity index (χ1v) is 7.31. The summed E-state index contributed by atoms with van der Waals surface area (Å²) in [6, 6.07) is 11.6. The number of phenolic OH excluding ortho intramolecular Hbond substituents is 1. The number of aryl methyl sites for hydroxylation is 2. The Bertz CT molecular complexity index is 649. The number of benzene rings is 2. The standard InChI is InChI=1S/C19H22O2/c1-12(2)19(21)17-11-15(8-9-18(17)20)10-16-13(3)6-5-7-14(16)4/h5-9,11-12,20H,10H2,1-4H3. The molecule has 0 heterocycles. The lowest BCUT2D eigenvalue weighted by atomic mass is 9.93. The van der Waals surface area contributed by atoms with Crippen LogP contribution in [0, 0.1) is 19.8 Å². The van der Waals surface area contributed by atoms with Crippen molar-refractivity contribution in [3.63, 3.8) is 0 Å². The summed E-state index contributed by atoms with van der Waals surface area (Å²) in [6.07, 6.45) is 0.775. The molecule has 0 bridgehead atoms. The van der Waals surface area contributed by atoms with Crippen LogP contribution < -0.4 is 0 Å². The third kappa shape index (κ3) is 3.33. The van der Waals surface area contributed by atoms with Crippen LogP contribution in [-0.2, 0) is 6.42 Å². The predicted molar refractivity (Wildman–Crippen MR) is 86.0 cm³/mol. The quantitative estimate of drug-likeness (QED) is 0.842. The molecule has 2 aromatic carbocycles. The van der Waals surface area contributed by atoms with Gasteiger partial charge in [-0.15, -0.1) is 0 Å². The number of phenols is 1. The van der Waals surface area contributed by atoms with E-state index >= 15 is 0 Å². The topological polar surface area (TPSA) is 37.3 Å². The molecular weight excluding hydrogens is 260 g/mol. The van der Waals surface area contributed by atoms with Crippen molar-refractivity contribution in [2.75, 3.05) is 0 Å². The van der Waals surface area contributed by atoms with Gasteiger partial charge in [-0.05, 0) is 54.7 Å². The van der Waals surface area contributed by atoms with E-state index in [9.17, 15) is 9.90 Å². The Morgan fingerprint density at radius 1 is 1.10 bits per heavy atom. The van der Waals surface area contributed by atoms with E-state index in [1.165, 1.54) is 16.7 Å². The van der Waals surface area contributed by atoms with E-state index < -0.39 is 0 Å². The average molecular weight is 282 g/mol. The number of rotatable bonds is 4. The van der Waals surface area contributed by atoms with Crippen LogP contribution >= 0.6 is 0 Å². The Kier molecular flexibility index (Phi) is 4.46. The Hall–Kier alpha value is -2.09. The van der Waals surface area contributed by atoms with Gasteiger partial charge in [-0.25, -0.2) is 0 Å². The van der Waals surface area contributed by atoms with Gasteiger partial charge < -0.3 is 5.11 Å². The molecule has 0 saturated carbocycles. The van der Waals surface area contributed by atoms with E-state index in [0.717, 1.165) is 12.0 Å². The summed E-state index contributed by atoms with van der Waals surface area (Å²) in [6.45, 7) is 7.89. The van der Waals surface area contributed by atoms with Crippen molar-refractivity contribution in [3.05, 3.63) is 64.2 Å². The van der Waals surface area contributed by atoms with Crippen molar-refractivity contribution in [1.29, 1.82) is 0 Å². The van der Waals surface area contributed by atoms with Crippen molar-refractivity contribution in [1.82, 2.24) is 0 Å². The molecule has 0 amide bonds. The second-order valence-corrected chi connectivity index (χ2v) is 5.92. The fourth-order valence-electron chi connectivity index (χ4n) is 2.53. The number of hydrogen-bond acceptors (Lipinski definition) is 2. The molecule has 0 aliphatic carbocycles. The molecule has 0 spiro atoms. The Morgan fingerprint density at radius 2 is 1.71 bits per heavy atom. The molecule has 0 aromatic heterocycles. The molecule has 2 rings (SSSR count). The van der Waals surface area contributed by atoms with E-state index in [2.05, 4.69) is 32.0 Å². The van der Waals surface area contributed by atoms with Crippen LogP contribution in [0.15, 0.2) is 36.4 Å². The molecule has 2 nitrogen and oxygen atoms in total. The second kappa shape index (κ2) is 6.13. The van der Waals surface area contributed by atoms with E-state index in [-0.39, 0.29) is 17.5 Å². The van der Waals surface area contributed by atoms with E-state index in [4.69, 9.17) is 0 Å². The summed E-state index contributed by atoms with van der Waals surface area (Å²) in [7, 11) is 0. The maximum Gasteiger partial charge on any atom is 0.169 e. The molecule has 1 N–H and O–H groups in total. The zero-order chi connectivity index (χ0) is 15.6. The summed E-state index contributed by atoms with van der Waals surface area (Å²) in [5, 5.41) is 9.91. The predicted octanol–water partition coefficient (Wildman–Crippen LogP) is 4.44. The van der Waals surface area contributed by atoms with E-state index in [1.807, 2.05) is 26.0 Å². The van der Waals surface area contributed by atoms with Crippen molar-refractivity contribution in [2.45, 2.75) is 34.1 Å². The number of hydrogen-bond donors (Lipinski definition) is 1. The molecular formula is C19H22O2. The third-order valence-corrected chi connectivity index (χ3v) is 3.88. The van der Waals surface area contributed by atoms with Crippen molar-refractivity contribution >= 4 is 5.78 Å². The first-order valence-electron chi connectivity index (χ1n) is 7.31. The zero-order valence-corrected chi connectivity index (χ0v) is 13.1. The van der Waals surface area contributed by atoms with Gasteiger partial charge in [-0.3, -0.25) is 4.79 Å². The molecule has 0 aliphatic rings. The number of Topliss-reactive ketones (excluding diaryl/α,β-unsaturated/α-hetero) is 1. The Balaban J connectivity index is 2.38. The fourth-order valence-corrected chi connectivity index (χ4v) is 2.53. The Labute approximate surface area is 126 Å². The van der Waals surface area contributed by atoms with E-state index in [1.54, 1.807) is 6.07 Å². The molecule has 0 atom stereocenters. The normalized spacial score (nSPS) is 10.9. The molecule has 2 heteroatoms. The number of carbonyl (C=O) groups excluding carboxylic acids is 1. The molecule has 0 unspecified atom stereocenters. The molecule has 110 valence electrons. The maximum atomic E-state index is 12.1. The van der Waals surface area contributed by atoms with Gasteiger partial charge in [0.1, 0.15) is 5.75 Å². The summed E-state index contributed by atoms with van der Waals surface area (Å²) < 4.78 is 0. The number of carbonyl (C=O) groups is 1. The van der Waals surface area contributed by atoms with Crippen LogP contribution in [0.1, 0.15) is 46.5 Å². The van der Waals surface area contributed by atoms with E-state index in [0.29, 0.717) is 5.56 Å². The zero-order valence-electron chi connectivity index (χ0n) is 13.1. The molecule has 2 aromatic rings. The SMILES string of the molecule is Cc1cccc(C)c1Cc1ccc(O)c(C(=O)C(C)C)c1. The number of ketones is 1. The van der Waals surface area contributed by atoms with Crippen LogP contribution in [-0.4, -0.2) is 10.9 Å². The van der Waals surface area contributed by atoms with Crippen LogP contribution in [0.2, 0.25) is 0 Å². The van der Waals surface area contributed by atoms with Crippen molar-refractivity contribution in [3.8, 4) is 5.75 Å². The maximum absolute atomic E-state index is 12.1. The van der Waals surface area contributed by atoms with Crippen LogP contribution in [0.25, 0.3) is 0 Å². The summed E-state index contributed by atoms with van der Waals surface area (Å²) in [5.74, 6) is -0.0684. The molecule has 0 radical (unpaired) electrons. The largest absolute Gasteiger partial charge is 0.507 e. The summed E-state index contributed by atoms with van der Waals surface area (Å²) in [5.41, 5.74) is 5.26. The average Bonchev–Trinajstić information content (AvgIpc) is 2.44. The van der Waals surface area contributed by atoms with Gasteiger partial charge >= 0.3 is 0 Å². The van der Waals surface area contributed by atoms with Crippen LogP contribution in [0.5, 0.6) is 5.75 Å². The van der Waals surface area contributed by atoms with Gasteiger partial charge in [-0.1, -0.05) is 38.1 Å². The minimum Gasteiger partial charge on any atom is -0.507 e. The first kappa shape index (κ1) is 15.3. The lowest BCUT2D eigenvalue weighted by Crippen LogP contribution is -2.08. The molecule has 0 aliphatic heterocycles. The van der Waals surface area contributed by atoms with Crippen molar-refractivity contribution < 1.29 is 9.90 Å². The van der Waals surface area contributed by atoms with Gasteiger partial charge in [0.2, 0.25) is 0 Å². The second-order valence-electron chi connectivity index (χ2n) is 5.92. The Morgan fingerprint density at radius 3 is 2.29 bits per heavy atom. The van der Waals surface area contributed by atoms with Gasteiger partial charge in [0.15, 0.2) is 5.78 Å². The monoisotopic (exact) mass is 282 g/mol. The molecule has 0 fully saturated rings. The molecule has 0 saturated heterocycles. The highest BCUT2D eigenvalue weighted by atomic mass is 16.3. The smallest absolute Gasteiger partial charge is 0.169 e. The van der Waals surface area contributed by atoms with Gasteiger partial charge in [0.05, 0.1) is 5.56 Å². The summed E-state index contributed by atoms with van der Waals surface area (Å²) in [4.78, 5) is 12.1. The minimum absolute atomic E-state index is 0.0177. The third-order valence-electron chi connectivity index (χ3n) is 3.88. The fraction of sp³-hybridized carbons (Fsp3) is 0.316. The number of aromatic hydroxyl groups is 1. The molecule has 21 heavy (non-hydrogen) atoms. The lowest BCUT2D eigenvalue weighted by molar-refractivity contribution is 0.0936. The minimum atomic E-state index is -0.119. The lowest BCUT2D eigenvalue weighted by Gasteiger charge is -2.12. The highest BCUT2D eigenvalue weighted by Gasteiger charge is 2.15. The summed E-state index contributed by atoms with van der Waals surface area (Å²) >= 11 is 0. The van der Waals surface area contributed by atoms with Crippen molar-refractivity contribution in [2.24, 2.45) is 5.92 Å². The van der Waals surface area contributed by atoms with Gasteiger partial charge in [0.25, 0.3) is 0 Å².